The standard InChI is InChI=1S/C12H18N2O4/c1-2-13-9-10-4-5-11(14(16)17)12(8-10)18-7-3-6-15/h4-5,8,13,15H,2-3,6-7,9H2,1H3. The molecule has 0 aromatic heterocycles. The lowest BCUT2D eigenvalue weighted by atomic mass is 10.2. The molecule has 18 heavy (non-hydrogen) atoms. The number of aliphatic hydroxyl groups is 1. The number of nitro groups is 1. The largest absolute Gasteiger partial charge is 0.487 e. The van der Waals surface area contributed by atoms with Crippen LogP contribution < -0.4 is 10.1 Å². The van der Waals surface area contributed by atoms with Gasteiger partial charge in [-0.3, -0.25) is 10.1 Å². The van der Waals surface area contributed by atoms with Crippen molar-refractivity contribution in [2.45, 2.75) is 19.9 Å². The van der Waals surface area contributed by atoms with Crippen LogP contribution in [0.4, 0.5) is 5.69 Å². The molecule has 1 aromatic rings. The average molecular weight is 254 g/mol. The first-order valence-electron chi connectivity index (χ1n) is 5.90. The Labute approximate surface area is 106 Å². The average Bonchev–Trinajstić information content (AvgIpc) is 2.36. The minimum Gasteiger partial charge on any atom is -0.487 e. The highest BCUT2D eigenvalue weighted by atomic mass is 16.6. The Hall–Kier alpha value is -1.66. The van der Waals surface area contributed by atoms with Gasteiger partial charge in [-0.2, -0.15) is 0 Å². The van der Waals surface area contributed by atoms with Crippen LogP contribution in [0.3, 0.4) is 0 Å². The van der Waals surface area contributed by atoms with Crippen molar-refractivity contribution in [2.24, 2.45) is 0 Å². The van der Waals surface area contributed by atoms with Crippen LogP contribution in [0.15, 0.2) is 18.2 Å². The van der Waals surface area contributed by atoms with E-state index in [-0.39, 0.29) is 24.7 Å². The first-order chi connectivity index (χ1) is 8.69. The van der Waals surface area contributed by atoms with Gasteiger partial charge in [0, 0.05) is 25.6 Å². The van der Waals surface area contributed by atoms with Crippen molar-refractivity contribution in [3.63, 3.8) is 0 Å². The summed E-state index contributed by atoms with van der Waals surface area (Å²) in [6.07, 6.45) is 0.453. The predicted octanol–water partition coefficient (Wildman–Crippen LogP) is 1.47. The van der Waals surface area contributed by atoms with Crippen molar-refractivity contribution in [3.8, 4) is 5.75 Å². The van der Waals surface area contributed by atoms with E-state index in [1.807, 2.05) is 6.92 Å². The number of nitrogens with zero attached hydrogens (tertiary/aromatic N) is 1. The second-order valence-corrected chi connectivity index (χ2v) is 3.77. The van der Waals surface area contributed by atoms with Crippen LogP contribution in [0.1, 0.15) is 18.9 Å². The maximum atomic E-state index is 10.8. The predicted molar refractivity (Wildman–Crippen MR) is 67.7 cm³/mol. The van der Waals surface area contributed by atoms with Gasteiger partial charge < -0.3 is 15.2 Å². The number of hydrogen-bond acceptors (Lipinski definition) is 5. The summed E-state index contributed by atoms with van der Waals surface area (Å²) in [5, 5.41) is 22.7. The van der Waals surface area contributed by atoms with Crippen molar-refractivity contribution < 1.29 is 14.8 Å². The molecule has 1 aromatic carbocycles. The second-order valence-electron chi connectivity index (χ2n) is 3.77. The third-order valence-corrected chi connectivity index (χ3v) is 2.36. The number of rotatable bonds is 8. The minimum absolute atomic E-state index is 0.00484. The van der Waals surface area contributed by atoms with Gasteiger partial charge in [-0.1, -0.05) is 13.0 Å². The molecule has 0 saturated heterocycles. The Morgan fingerprint density at radius 1 is 1.50 bits per heavy atom. The van der Waals surface area contributed by atoms with E-state index < -0.39 is 4.92 Å². The molecule has 0 aliphatic carbocycles. The number of hydrogen-bond donors (Lipinski definition) is 2. The van der Waals surface area contributed by atoms with E-state index in [4.69, 9.17) is 9.84 Å². The molecular formula is C12H18N2O4. The zero-order valence-electron chi connectivity index (χ0n) is 10.4. The lowest BCUT2D eigenvalue weighted by molar-refractivity contribution is -0.385. The molecule has 6 nitrogen and oxygen atoms in total. The molecule has 0 radical (unpaired) electrons. The third kappa shape index (κ3) is 4.31. The van der Waals surface area contributed by atoms with Gasteiger partial charge in [-0.05, 0) is 18.2 Å². The summed E-state index contributed by atoms with van der Waals surface area (Å²) >= 11 is 0. The van der Waals surface area contributed by atoms with E-state index in [1.54, 1.807) is 12.1 Å². The Bertz CT molecular complexity index is 396. The van der Waals surface area contributed by atoms with Gasteiger partial charge in [-0.15, -0.1) is 0 Å². The van der Waals surface area contributed by atoms with Crippen molar-refractivity contribution in [1.29, 1.82) is 0 Å². The lowest BCUT2D eigenvalue weighted by Gasteiger charge is -2.08. The summed E-state index contributed by atoms with van der Waals surface area (Å²) in [6, 6.07) is 4.82. The highest BCUT2D eigenvalue weighted by molar-refractivity contribution is 5.48. The fourth-order valence-corrected chi connectivity index (χ4v) is 1.45. The van der Waals surface area contributed by atoms with E-state index in [1.165, 1.54) is 6.07 Å². The monoisotopic (exact) mass is 254 g/mol. The maximum absolute atomic E-state index is 10.8. The molecule has 0 heterocycles. The van der Waals surface area contributed by atoms with Crippen LogP contribution in [-0.4, -0.2) is 29.8 Å². The molecule has 0 saturated carbocycles. The van der Waals surface area contributed by atoms with E-state index in [0.29, 0.717) is 13.0 Å². The fraction of sp³-hybridized carbons (Fsp3) is 0.500. The van der Waals surface area contributed by atoms with Crippen LogP contribution in [0.25, 0.3) is 0 Å². The molecule has 0 atom stereocenters. The van der Waals surface area contributed by atoms with E-state index in [2.05, 4.69) is 5.32 Å². The summed E-state index contributed by atoms with van der Waals surface area (Å²) in [4.78, 5) is 10.4. The molecular weight excluding hydrogens is 236 g/mol. The molecule has 0 spiro atoms. The zero-order valence-corrected chi connectivity index (χ0v) is 10.4. The number of aliphatic hydroxyl groups excluding tert-OH is 1. The van der Waals surface area contributed by atoms with Gasteiger partial charge >= 0.3 is 5.69 Å². The van der Waals surface area contributed by atoms with Crippen LogP contribution >= 0.6 is 0 Å². The van der Waals surface area contributed by atoms with Gasteiger partial charge in [-0.25, -0.2) is 0 Å². The Morgan fingerprint density at radius 3 is 2.89 bits per heavy atom. The molecule has 0 unspecified atom stereocenters. The summed E-state index contributed by atoms with van der Waals surface area (Å²) in [5.41, 5.74) is 0.884. The number of ether oxygens (including phenoxy) is 1. The first-order valence-corrected chi connectivity index (χ1v) is 5.90. The zero-order chi connectivity index (χ0) is 13.4. The Morgan fingerprint density at radius 2 is 2.28 bits per heavy atom. The molecule has 2 N–H and O–H groups in total. The van der Waals surface area contributed by atoms with Crippen LogP contribution in [0.2, 0.25) is 0 Å². The normalized spacial score (nSPS) is 10.3. The molecule has 0 fully saturated rings. The van der Waals surface area contributed by atoms with E-state index in [9.17, 15) is 10.1 Å². The van der Waals surface area contributed by atoms with Crippen molar-refractivity contribution >= 4 is 5.69 Å². The minimum atomic E-state index is -0.467. The molecule has 0 aliphatic rings. The lowest BCUT2D eigenvalue weighted by Crippen LogP contribution is -2.12. The highest BCUT2D eigenvalue weighted by Gasteiger charge is 2.15. The van der Waals surface area contributed by atoms with Gasteiger partial charge in [0.2, 0.25) is 0 Å². The van der Waals surface area contributed by atoms with Crippen molar-refractivity contribution in [2.75, 3.05) is 19.8 Å². The maximum Gasteiger partial charge on any atom is 0.310 e. The number of nitro benzene ring substituents is 1. The molecule has 0 bridgehead atoms. The van der Waals surface area contributed by atoms with Gasteiger partial charge in [0.25, 0.3) is 0 Å². The highest BCUT2D eigenvalue weighted by Crippen LogP contribution is 2.28. The van der Waals surface area contributed by atoms with Gasteiger partial charge in [0.1, 0.15) is 0 Å². The first kappa shape index (κ1) is 14.4. The summed E-state index contributed by atoms with van der Waals surface area (Å²) < 4.78 is 5.33. The quantitative estimate of drug-likeness (QED) is 0.417. The fourth-order valence-electron chi connectivity index (χ4n) is 1.45. The molecule has 0 amide bonds. The number of nitrogens with one attached hydrogen (secondary N) is 1. The van der Waals surface area contributed by atoms with Crippen LogP contribution in [-0.2, 0) is 6.54 Å². The summed E-state index contributed by atoms with van der Waals surface area (Å²) in [5.74, 6) is 0.254. The van der Waals surface area contributed by atoms with Crippen molar-refractivity contribution in [1.82, 2.24) is 5.32 Å². The molecule has 100 valence electrons. The summed E-state index contributed by atoms with van der Waals surface area (Å²) in [7, 11) is 0. The molecule has 6 heteroatoms. The van der Waals surface area contributed by atoms with Gasteiger partial charge in [0.05, 0.1) is 11.5 Å². The van der Waals surface area contributed by atoms with Crippen LogP contribution in [0, 0.1) is 10.1 Å². The topological polar surface area (TPSA) is 84.6 Å². The summed E-state index contributed by atoms with van der Waals surface area (Å²) in [6.45, 7) is 3.74. The SMILES string of the molecule is CCNCc1ccc([N+](=O)[O-])c(OCCCO)c1. The Kier molecular flexibility index (Phi) is 6.10. The van der Waals surface area contributed by atoms with Gasteiger partial charge in [0.15, 0.2) is 5.75 Å². The third-order valence-electron chi connectivity index (χ3n) is 2.36. The number of benzene rings is 1. The van der Waals surface area contributed by atoms with Crippen molar-refractivity contribution in [3.05, 3.63) is 33.9 Å². The Balaban J connectivity index is 2.82. The van der Waals surface area contributed by atoms with E-state index in [0.717, 1.165) is 12.1 Å². The van der Waals surface area contributed by atoms with E-state index >= 15 is 0 Å². The molecule has 0 aliphatic heterocycles. The smallest absolute Gasteiger partial charge is 0.310 e. The molecule has 1 rings (SSSR count). The van der Waals surface area contributed by atoms with Crippen LogP contribution in [0.5, 0.6) is 5.75 Å². The second kappa shape index (κ2) is 7.62.